The molecule has 0 saturated carbocycles. The van der Waals surface area contributed by atoms with Gasteiger partial charge in [-0.3, -0.25) is 4.79 Å². The minimum atomic E-state index is 0.0223. The Balaban J connectivity index is 2.78. The maximum absolute atomic E-state index is 11.5. The van der Waals surface area contributed by atoms with Crippen LogP contribution in [0, 0.1) is 19.8 Å². The van der Waals surface area contributed by atoms with Crippen LogP contribution in [0.25, 0.3) is 0 Å². The fourth-order valence-electron chi connectivity index (χ4n) is 1.74. The molecule has 0 aliphatic heterocycles. The fourth-order valence-corrected chi connectivity index (χ4v) is 1.74. The van der Waals surface area contributed by atoms with E-state index in [0.717, 1.165) is 22.4 Å². The van der Waals surface area contributed by atoms with E-state index < -0.39 is 0 Å². The van der Waals surface area contributed by atoms with E-state index in [4.69, 9.17) is 4.74 Å². The number of carbonyl (C=O) groups excluding carboxylic acids is 1. The van der Waals surface area contributed by atoms with Crippen molar-refractivity contribution in [1.29, 1.82) is 0 Å². The van der Waals surface area contributed by atoms with Crippen LogP contribution in [-0.2, 0) is 11.3 Å². The molecule has 0 aromatic heterocycles. The van der Waals surface area contributed by atoms with Crippen molar-refractivity contribution in [3.63, 3.8) is 0 Å². The van der Waals surface area contributed by atoms with Crippen molar-refractivity contribution in [2.24, 2.45) is 5.92 Å². The molecule has 0 atom stereocenters. The topological polar surface area (TPSA) is 38.3 Å². The van der Waals surface area contributed by atoms with Crippen molar-refractivity contribution in [2.45, 2.75) is 41.2 Å². The molecule has 0 bridgehead atoms. The molecule has 1 N–H and O–H groups in total. The SMILES string of the molecule is CCOc1cc(C)c(CNC(=O)C(C)C)cc1C. The predicted molar refractivity (Wildman–Crippen MR) is 73.8 cm³/mol. The van der Waals surface area contributed by atoms with E-state index in [2.05, 4.69) is 11.4 Å². The average molecular weight is 249 g/mol. The maximum atomic E-state index is 11.5. The number of hydrogen-bond acceptors (Lipinski definition) is 2. The summed E-state index contributed by atoms with van der Waals surface area (Å²) < 4.78 is 5.55. The number of nitrogens with one attached hydrogen (secondary N) is 1. The molecule has 1 amide bonds. The minimum Gasteiger partial charge on any atom is -0.494 e. The minimum absolute atomic E-state index is 0.0223. The molecule has 1 aromatic carbocycles. The summed E-state index contributed by atoms with van der Waals surface area (Å²) in [5.74, 6) is 1.03. The molecule has 1 aromatic rings. The highest BCUT2D eigenvalue weighted by Crippen LogP contribution is 2.22. The summed E-state index contributed by atoms with van der Waals surface area (Å²) >= 11 is 0. The predicted octanol–water partition coefficient (Wildman–Crippen LogP) is 2.97. The zero-order valence-corrected chi connectivity index (χ0v) is 12.0. The third-order valence-corrected chi connectivity index (χ3v) is 2.91. The van der Waals surface area contributed by atoms with Gasteiger partial charge in [-0.05, 0) is 43.5 Å². The van der Waals surface area contributed by atoms with Crippen molar-refractivity contribution in [3.8, 4) is 5.75 Å². The van der Waals surface area contributed by atoms with Gasteiger partial charge in [0.15, 0.2) is 0 Å². The van der Waals surface area contributed by atoms with Crippen LogP contribution in [0.3, 0.4) is 0 Å². The molecule has 0 radical (unpaired) electrons. The summed E-state index contributed by atoms with van der Waals surface area (Å²) in [6.07, 6.45) is 0. The van der Waals surface area contributed by atoms with E-state index in [1.807, 2.05) is 40.7 Å². The number of carbonyl (C=O) groups is 1. The van der Waals surface area contributed by atoms with Crippen molar-refractivity contribution in [1.82, 2.24) is 5.32 Å². The Morgan fingerprint density at radius 3 is 2.50 bits per heavy atom. The van der Waals surface area contributed by atoms with Crippen LogP contribution in [0.2, 0.25) is 0 Å². The number of hydrogen-bond donors (Lipinski definition) is 1. The van der Waals surface area contributed by atoms with Crippen molar-refractivity contribution < 1.29 is 9.53 Å². The first-order valence-corrected chi connectivity index (χ1v) is 6.46. The zero-order chi connectivity index (χ0) is 13.7. The summed E-state index contributed by atoms with van der Waals surface area (Å²) in [4.78, 5) is 11.5. The van der Waals surface area contributed by atoms with Gasteiger partial charge in [-0.15, -0.1) is 0 Å². The van der Waals surface area contributed by atoms with Crippen LogP contribution in [0.4, 0.5) is 0 Å². The lowest BCUT2D eigenvalue weighted by Crippen LogP contribution is -2.27. The zero-order valence-electron chi connectivity index (χ0n) is 12.0. The van der Waals surface area contributed by atoms with Gasteiger partial charge >= 0.3 is 0 Å². The van der Waals surface area contributed by atoms with Gasteiger partial charge in [0.2, 0.25) is 5.91 Å². The normalized spacial score (nSPS) is 10.6. The largest absolute Gasteiger partial charge is 0.494 e. The summed E-state index contributed by atoms with van der Waals surface area (Å²) in [6, 6.07) is 4.12. The Morgan fingerprint density at radius 1 is 1.28 bits per heavy atom. The van der Waals surface area contributed by atoms with E-state index in [-0.39, 0.29) is 11.8 Å². The number of rotatable bonds is 5. The molecule has 0 saturated heterocycles. The molecule has 3 nitrogen and oxygen atoms in total. The molecule has 0 fully saturated rings. The van der Waals surface area contributed by atoms with Gasteiger partial charge in [0.25, 0.3) is 0 Å². The van der Waals surface area contributed by atoms with E-state index in [0.29, 0.717) is 13.2 Å². The number of ether oxygens (including phenoxy) is 1. The monoisotopic (exact) mass is 249 g/mol. The Labute approximate surface area is 110 Å². The Bertz CT molecular complexity index is 425. The van der Waals surface area contributed by atoms with Crippen LogP contribution in [0.1, 0.15) is 37.5 Å². The van der Waals surface area contributed by atoms with Crippen LogP contribution in [0.5, 0.6) is 5.75 Å². The van der Waals surface area contributed by atoms with E-state index >= 15 is 0 Å². The van der Waals surface area contributed by atoms with Crippen molar-refractivity contribution in [2.75, 3.05) is 6.61 Å². The van der Waals surface area contributed by atoms with Crippen molar-refractivity contribution >= 4 is 5.91 Å². The highest BCUT2D eigenvalue weighted by molar-refractivity contribution is 5.77. The third kappa shape index (κ3) is 3.76. The van der Waals surface area contributed by atoms with Gasteiger partial charge in [-0.2, -0.15) is 0 Å². The second-order valence-electron chi connectivity index (χ2n) is 4.85. The lowest BCUT2D eigenvalue weighted by molar-refractivity contribution is -0.124. The molecule has 0 spiro atoms. The highest BCUT2D eigenvalue weighted by Gasteiger charge is 2.09. The van der Waals surface area contributed by atoms with Crippen LogP contribution < -0.4 is 10.1 Å². The van der Waals surface area contributed by atoms with Gasteiger partial charge in [0, 0.05) is 12.5 Å². The van der Waals surface area contributed by atoms with Gasteiger partial charge in [-0.25, -0.2) is 0 Å². The first-order chi connectivity index (χ1) is 8.45. The first-order valence-electron chi connectivity index (χ1n) is 6.46. The Hall–Kier alpha value is -1.51. The Kier molecular flexibility index (Phi) is 5.20. The molecule has 0 aliphatic carbocycles. The molecule has 18 heavy (non-hydrogen) atoms. The quantitative estimate of drug-likeness (QED) is 0.871. The van der Waals surface area contributed by atoms with Crippen LogP contribution in [-0.4, -0.2) is 12.5 Å². The number of benzene rings is 1. The molecule has 1 rings (SSSR count). The van der Waals surface area contributed by atoms with Crippen LogP contribution >= 0.6 is 0 Å². The molecule has 100 valence electrons. The number of amides is 1. The van der Waals surface area contributed by atoms with Crippen LogP contribution in [0.15, 0.2) is 12.1 Å². The molecular weight excluding hydrogens is 226 g/mol. The maximum Gasteiger partial charge on any atom is 0.222 e. The second kappa shape index (κ2) is 6.43. The summed E-state index contributed by atoms with van der Waals surface area (Å²) in [7, 11) is 0. The van der Waals surface area contributed by atoms with E-state index in [1.54, 1.807) is 0 Å². The molecule has 0 aliphatic rings. The molecule has 0 unspecified atom stereocenters. The standard InChI is InChI=1S/C15H23NO2/c1-6-18-14-8-11(4)13(7-12(14)5)9-16-15(17)10(2)3/h7-8,10H,6,9H2,1-5H3,(H,16,17). The van der Waals surface area contributed by atoms with Crippen molar-refractivity contribution in [3.05, 3.63) is 28.8 Å². The third-order valence-electron chi connectivity index (χ3n) is 2.91. The van der Waals surface area contributed by atoms with E-state index in [1.165, 1.54) is 0 Å². The lowest BCUT2D eigenvalue weighted by atomic mass is 10.0. The molecule has 0 heterocycles. The second-order valence-corrected chi connectivity index (χ2v) is 4.85. The van der Waals surface area contributed by atoms with E-state index in [9.17, 15) is 4.79 Å². The highest BCUT2D eigenvalue weighted by atomic mass is 16.5. The molecular formula is C15H23NO2. The smallest absolute Gasteiger partial charge is 0.222 e. The first kappa shape index (κ1) is 14.6. The lowest BCUT2D eigenvalue weighted by Gasteiger charge is -2.14. The van der Waals surface area contributed by atoms with Gasteiger partial charge in [0.05, 0.1) is 6.61 Å². The Morgan fingerprint density at radius 2 is 1.94 bits per heavy atom. The molecule has 3 heteroatoms. The van der Waals surface area contributed by atoms with Gasteiger partial charge < -0.3 is 10.1 Å². The summed E-state index contributed by atoms with van der Waals surface area (Å²) in [5.41, 5.74) is 3.40. The number of aryl methyl sites for hydroxylation is 2. The van der Waals surface area contributed by atoms with Gasteiger partial charge in [0.1, 0.15) is 5.75 Å². The summed E-state index contributed by atoms with van der Waals surface area (Å²) in [5, 5.41) is 2.94. The summed E-state index contributed by atoms with van der Waals surface area (Å²) in [6.45, 7) is 11.1. The van der Waals surface area contributed by atoms with Gasteiger partial charge in [-0.1, -0.05) is 19.9 Å². The fraction of sp³-hybridized carbons (Fsp3) is 0.533. The average Bonchev–Trinajstić information content (AvgIpc) is 2.31.